The predicted octanol–water partition coefficient (Wildman–Crippen LogP) is 4.95. The van der Waals surface area contributed by atoms with Crippen molar-refractivity contribution in [2.24, 2.45) is 5.92 Å². The smallest absolute Gasteiger partial charge is 0.338 e. The average Bonchev–Trinajstić information content (AvgIpc) is 3.28. The molecular formula is C27H29ClFNO6. The summed E-state index contributed by atoms with van der Waals surface area (Å²) in [5, 5.41) is 0. The van der Waals surface area contributed by atoms with Gasteiger partial charge in [0.1, 0.15) is 5.82 Å². The lowest BCUT2D eigenvalue weighted by Gasteiger charge is -2.19. The summed E-state index contributed by atoms with van der Waals surface area (Å²) in [5.74, 6) is -3.04. The highest BCUT2D eigenvalue weighted by atomic mass is 35.5. The van der Waals surface area contributed by atoms with Crippen molar-refractivity contribution >= 4 is 40.9 Å². The Labute approximate surface area is 214 Å². The standard InChI is InChI=1S/C27H29ClFNO6/c1-2-3-4-15-35-26(33)19-7-11-22(12-8-19)30-17-20(16-24(30)31)27(34)36-23(13-14-28)25(32)18-5-9-21(29)10-6-18/h5-12,20,23H,2-4,13-17H2,1H3/t20-,23-/m0/s1. The fourth-order valence-electron chi connectivity index (χ4n) is 3.87. The van der Waals surface area contributed by atoms with Crippen LogP contribution in [0.5, 0.6) is 0 Å². The average molecular weight is 518 g/mol. The van der Waals surface area contributed by atoms with Gasteiger partial charge in [-0.05, 0) is 55.0 Å². The minimum Gasteiger partial charge on any atom is -0.462 e. The lowest BCUT2D eigenvalue weighted by Crippen LogP contribution is -2.32. The van der Waals surface area contributed by atoms with Gasteiger partial charge in [-0.15, -0.1) is 11.6 Å². The second kappa shape index (κ2) is 13.2. The van der Waals surface area contributed by atoms with Crippen molar-refractivity contribution in [2.75, 3.05) is 23.9 Å². The molecule has 0 unspecified atom stereocenters. The molecular weight excluding hydrogens is 489 g/mol. The summed E-state index contributed by atoms with van der Waals surface area (Å²) in [4.78, 5) is 51.8. The SMILES string of the molecule is CCCCCOC(=O)c1ccc(N2C[C@@H](C(=O)O[C@@H](CCCl)C(=O)c3ccc(F)cc3)CC2=O)cc1. The first-order valence-corrected chi connectivity index (χ1v) is 12.5. The molecule has 36 heavy (non-hydrogen) atoms. The molecule has 0 aliphatic carbocycles. The molecule has 3 rings (SSSR count). The number of carbonyl (C=O) groups excluding carboxylic acids is 4. The zero-order chi connectivity index (χ0) is 26.1. The summed E-state index contributed by atoms with van der Waals surface area (Å²) < 4.78 is 23.9. The Balaban J connectivity index is 1.60. The molecule has 0 N–H and O–H groups in total. The molecule has 2 aromatic carbocycles. The van der Waals surface area contributed by atoms with Gasteiger partial charge < -0.3 is 14.4 Å². The fourth-order valence-corrected chi connectivity index (χ4v) is 4.07. The number of hydrogen-bond acceptors (Lipinski definition) is 6. The maximum atomic E-state index is 13.2. The fraction of sp³-hybridized carbons (Fsp3) is 0.407. The third kappa shape index (κ3) is 7.13. The number of ketones is 1. The summed E-state index contributed by atoms with van der Waals surface area (Å²) in [6.45, 7) is 2.50. The molecule has 1 heterocycles. The summed E-state index contributed by atoms with van der Waals surface area (Å²) in [6.07, 6.45) is 1.71. The molecule has 9 heteroatoms. The van der Waals surface area contributed by atoms with E-state index in [1.54, 1.807) is 24.3 Å². The van der Waals surface area contributed by atoms with Gasteiger partial charge in [0.25, 0.3) is 0 Å². The minimum absolute atomic E-state index is 0.0710. The number of carbonyl (C=O) groups is 4. The Hall–Kier alpha value is -3.26. The normalized spacial score (nSPS) is 16.0. The van der Waals surface area contributed by atoms with Crippen molar-refractivity contribution in [3.05, 3.63) is 65.5 Å². The quantitative estimate of drug-likeness (QED) is 0.171. The van der Waals surface area contributed by atoms with Crippen LogP contribution in [0, 0.1) is 11.7 Å². The summed E-state index contributed by atoms with van der Waals surface area (Å²) in [6, 6.07) is 11.3. The number of alkyl halides is 1. The molecule has 1 amide bonds. The van der Waals surface area contributed by atoms with E-state index in [0.717, 1.165) is 31.4 Å². The van der Waals surface area contributed by atoms with Crippen LogP contribution in [0.4, 0.5) is 10.1 Å². The monoisotopic (exact) mass is 517 g/mol. The van der Waals surface area contributed by atoms with Gasteiger partial charge in [-0.3, -0.25) is 14.4 Å². The number of rotatable bonds is 12. The van der Waals surface area contributed by atoms with E-state index in [4.69, 9.17) is 21.1 Å². The number of anilines is 1. The van der Waals surface area contributed by atoms with Crippen LogP contribution in [0.2, 0.25) is 0 Å². The van der Waals surface area contributed by atoms with Crippen LogP contribution >= 0.6 is 11.6 Å². The first-order chi connectivity index (χ1) is 17.3. The van der Waals surface area contributed by atoms with Crippen LogP contribution in [-0.4, -0.2) is 48.8 Å². The van der Waals surface area contributed by atoms with Crippen molar-refractivity contribution < 1.29 is 33.0 Å². The van der Waals surface area contributed by atoms with Crippen LogP contribution in [0.15, 0.2) is 48.5 Å². The van der Waals surface area contributed by atoms with Crippen molar-refractivity contribution in [3.8, 4) is 0 Å². The van der Waals surface area contributed by atoms with E-state index in [0.29, 0.717) is 17.9 Å². The van der Waals surface area contributed by atoms with Gasteiger partial charge in [0.2, 0.25) is 11.7 Å². The van der Waals surface area contributed by atoms with Gasteiger partial charge in [-0.25, -0.2) is 9.18 Å². The zero-order valence-corrected chi connectivity index (χ0v) is 20.8. The number of ether oxygens (including phenoxy) is 2. The molecule has 0 bridgehead atoms. The van der Waals surface area contributed by atoms with Crippen LogP contribution < -0.4 is 4.90 Å². The van der Waals surface area contributed by atoms with Gasteiger partial charge >= 0.3 is 11.9 Å². The minimum atomic E-state index is -1.13. The topological polar surface area (TPSA) is 90.0 Å². The predicted molar refractivity (Wildman–Crippen MR) is 133 cm³/mol. The largest absolute Gasteiger partial charge is 0.462 e. The third-order valence-corrected chi connectivity index (χ3v) is 6.12. The number of Topliss-reactive ketones (excluding diaryl/α,β-unsaturated/α-hetero) is 1. The number of unbranched alkanes of at least 4 members (excludes halogenated alkanes) is 2. The zero-order valence-electron chi connectivity index (χ0n) is 20.1. The first-order valence-electron chi connectivity index (χ1n) is 12.0. The van der Waals surface area contributed by atoms with Crippen LogP contribution in [-0.2, 0) is 19.1 Å². The second-order valence-electron chi connectivity index (χ2n) is 8.57. The van der Waals surface area contributed by atoms with Crippen LogP contribution in [0.25, 0.3) is 0 Å². The molecule has 0 saturated carbocycles. The van der Waals surface area contributed by atoms with E-state index in [9.17, 15) is 23.6 Å². The molecule has 0 spiro atoms. The summed E-state index contributed by atoms with van der Waals surface area (Å²) in [7, 11) is 0. The third-order valence-electron chi connectivity index (χ3n) is 5.90. The van der Waals surface area contributed by atoms with Gasteiger partial charge in [-0.2, -0.15) is 0 Å². The molecule has 1 saturated heterocycles. The number of nitrogens with zero attached hydrogens (tertiary/aromatic N) is 1. The van der Waals surface area contributed by atoms with Gasteiger partial charge in [0.05, 0.1) is 18.1 Å². The Bertz CT molecular complexity index is 1070. The first kappa shape index (κ1) is 27.3. The lowest BCUT2D eigenvalue weighted by atomic mass is 10.0. The van der Waals surface area contributed by atoms with E-state index < -0.39 is 35.6 Å². The van der Waals surface area contributed by atoms with E-state index in [2.05, 4.69) is 6.92 Å². The van der Waals surface area contributed by atoms with E-state index in [1.807, 2.05) is 0 Å². The van der Waals surface area contributed by atoms with Gasteiger partial charge in [0, 0.05) is 36.5 Å². The molecule has 2 aromatic rings. The molecule has 7 nitrogen and oxygen atoms in total. The molecule has 192 valence electrons. The molecule has 1 fully saturated rings. The van der Waals surface area contributed by atoms with E-state index >= 15 is 0 Å². The Morgan fingerprint density at radius 1 is 1.06 bits per heavy atom. The maximum Gasteiger partial charge on any atom is 0.338 e. The van der Waals surface area contributed by atoms with Crippen molar-refractivity contribution in [3.63, 3.8) is 0 Å². The second-order valence-corrected chi connectivity index (χ2v) is 8.95. The highest BCUT2D eigenvalue weighted by molar-refractivity contribution is 6.18. The number of amides is 1. The van der Waals surface area contributed by atoms with Gasteiger partial charge in [-0.1, -0.05) is 19.8 Å². The number of benzene rings is 2. The van der Waals surface area contributed by atoms with Crippen LogP contribution in [0.3, 0.4) is 0 Å². The van der Waals surface area contributed by atoms with Crippen molar-refractivity contribution in [1.29, 1.82) is 0 Å². The van der Waals surface area contributed by atoms with Crippen molar-refractivity contribution in [2.45, 2.75) is 45.1 Å². The number of hydrogen-bond donors (Lipinski definition) is 0. The van der Waals surface area contributed by atoms with E-state index in [-0.39, 0.29) is 36.7 Å². The number of halogens is 2. The maximum absolute atomic E-state index is 13.2. The summed E-state index contributed by atoms with van der Waals surface area (Å²) in [5.41, 5.74) is 1.12. The molecule has 1 aliphatic rings. The Morgan fingerprint density at radius 2 is 1.72 bits per heavy atom. The Morgan fingerprint density at radius 3 is 2.36 bits per heavy atom. The molecule has 2 atom stereocenters. The summed E-state index contributed by atoms with van der Waals surface area (Å²) >= 11 is 5.80. The molecule has 0 radical (unpaired) electrons. The van der Waals surface area contributed by atoms with Crippen LogP contribution in [0.1, 0.15) is 59.7 Å². The van der Waals surface area contributed by atoms with Crippen molar-refractivity contribution in [1.82, 2.24) is 0 Å². The molecule has 0 aromatic heterocycles. The highest BCUT2D eigenvalue weighted by Gasteiger charge is 2.38. The molecule has 1 aliphatic heterocycles. The highest BCUT2D eigenvalue weighted by Crippen LogP contribution is 2.27. The van der Waals surface area contributed by atoms with Gasteiger partial charge in [0.15, 0.2) is 6.10 Å². The van der Waals surface area contributed by atoms with E-state index in [1.165, 1.54) is 17.0 Å². The lowest BCUT2D eigenvalue weighted by molar-refractivity contribution is -0.151. The Kier molecular flexibility index (Phi) is 9.99. The number of esters is 2.